The quantitative estimate of drug-likeness (QED) is 0.499. The molecule has 2 fully saturated rings. The van der Waals surface area contributed by atoms with Crippen molar-refractivity contribution in [2.45, 2.75) is 61.8 Å². The molecule has 13 heteroatoms. The van der Waals surface area contributed by atoms with Crippen LogP contribution < -0.4 is 5.32 Å². The number of hydrogen-bond donors (Lipinski definition) is 2. The number of nitrogens with zero attached hydrogens (tertiary/aromatic N) is 2. The van der Waals surface area contributed by atoms with Gasteiger partial charge >= 0.3 is 6.18 Å². The Labute approximate surface area is 191 Å². The van der Waals surface area contributed by atoms with Crippen LogP contribution in [0.1, 0.15) is 54.4 Å². The first-order valence-corrected chi connectivity index (χ1v) is 12.3. The van der Waals surface area contributed by atoms with Crippen LogP contribution in [0, 0.1) is 10.2 Å². The Hall–Kier alpha value is -2.57. The molecule has 2 aliphatic carbocycles. The van der Waals surface area contributed by atoms with E-state index in [-0.39, 0.29) is 23.4 Å². The highest BCUT2D eigenvalue weighted by Gasteiger charge is 2.57. The third-order valence-electron chi connectivity index (χ3n) is 6.01. The lowest BCUT2D eigenvalue weighted by Crippen LogP contribution is -2.47. The number of aromatic nitrogens is 2. The van der Waals surface area contributed by atoms with E-state index in [1.54, 1.807) is 0 Å². The highest BCUT2D eigenvalue weighted by atomic mass is 32.2. The van der Waals surface area contributed by atoms with Gasteiger partial charge in [-0.2, -0.15) is 18.3 Å². The van der Waals surface area contributed by atoms with E-state index in [9.17, 15) is 35.3 Å². The molecule has 1 amide bonds. The second-order valence-corrected chi connectivity index (χ2v) is 11.7. The van der Waals surface area contributed by atoms with Crippen LogP contribution in [0.25, 0.3) is 0 Å². The molecule has 1 heterocycles. The zero-order valence-corrected chi connectivity index (χ0v) is 19.0. The van der Waals surface area contributed by atoms with Crippen LogP contribution in [-0.4, -0.2) is 32.1 Å². The zero-order chi connectivity index (χ0) is 25.3. The summed E-state index contributed by atoms with van der Waals surface area (Å²) in [6.45, 7) is 1.01. The molecule has 1 atom stereocenters. The fraction of sp³-hybridized carbons (Fsp3) is 0.524. The van der Waals surface area contributed by atoms with Gasteiger partial charge in [0, 0.05) is 36.2 Å². The van der Waals surface area contributed by atoms with Gasteiger partial charge in [-0.3, -0.25) is 9.48 Å². The topological polar surface area (TPSA) is 87.8 Å². The zero-order valence-electron chi connectivity index (χ0n) is 18.2. The van der Waals surface area contributed by atoms with Crippen molar-refractivity contribution in [2.75, 3.05) is 11.6 Å². The van der Waals surface area contributed by atoms with Gasteiger partial charge < -0.3 is 5.32 Å². The Morgan fingerprint density at radius 2 is 1.85 bits per heavy atom. The lowest BCUT2D eigenvalue weighted by atomic mass is 9.67. The lowest BCUT2D eigenvalue weighted by molar-refractivity contribution is -0.160. The molecule has 6 nitrogen and oxygen atoms in total. The average molecular weight is 508 g/mol. The highest BCUT2D eigenvalue weighted by molar-refractivity contribution is 7.91. The Bertz CT molecular complexity index is 1260. The van der Waals surface area contributed by atoms with Crippen molar-refractivity contribution in [1.29, 1.82) is 4.78 Å². The summed E-state index contributed by atoms with van der Waals surface area (Å²) in [7, 11) is -3.17. The Balaban J connectivity index is 1.78. The third kappa shape index (κ3) is 4.66. The minimum atomic E-state index is -5.13. The maximum absolute atomic E-state index is 14.9. The molecule has 0 saturated heterocycles. The molecule has 2 aliphatic rings. The van der Waals surface area contributed by atoms with Gasteiger partial charge in [0.2, 0.25) is 5.92 Å². The van der Waals surface area contributed by atoms with Gasteiger partial charge in [0.15, 0.2) is 5.67 Å². The largest absolute Gasteiger partial charge is 0.420 e. The number of anilines is 1. The van der Waals surface area contributed by atoms with Gasteiger partial charge in [0.1, 0.15) is 17.0 Å². The fourth-order valence-corrected chi connectivity index (χ4v) is 5.10. The van der Waals surface area contributed by atoms with Gasteiger partial charge in [0.05, 0.1) is 9.73 Å². The summed E-state index contributed by atoms with van der Waals surface area (Å²) >= 11 is 0. The second kappa shape index (κ2) is 7.46. The molecule has 4 rings (SSSR count). The van der Waals surface area contributed by atoms with E-state index < -0.39 is 75.2 Å². The van der Waals surface area contributed by atoms with Crippen molar-refractivity contribution in [2.24, 2.45) is 5.41 Å². The van der Waals surface area contributed by atoms with Crippen LogP contribution in [0.15, 0.2) is 29.2 Å². The summed E-state index contributed by atoms with van der Waals surface area (Å²) in [6.07, 6.45) is -5.58. The van der Waals surface area contributed by atoms with E-state index in [0.29, 0.717) is 4.68 Å². The number of carbonyl (C=O) groups is 1. The van der Waals surface area contributed by atoms with Crippen molar-refractivity contribution < 1.29 is 35.3 Å². The molecule has 0 radical (unpaired) electrons. The van der Waals surface area contributed by atoms with Crippen molar-refractivity contribution in [3.63, 3.8) is 0 Å². The first-order valence-electron chi connectivity index (χ1n) is 10.3. The first kappa shape index (κ1) is 24.6. The summed E-state index contributed by atoms with van der Waals surface area (Å²) in [4.78, 5) is 13.1. The maximum Gasteiger partial charge on any atom is 0.420 e. The van der Waals surface area contributed by atoms with E-state index >= 15 is 0 Å². The van der Waals surface area contributed by atoms with Crippen LogP contribution in [-0.2, 0) is 28.1 Å². The average Bonchev–Trinajstić information content (AvgIpc) is 3.26. The predicted octanol–water partition coefficient (Wildman–Crippen LogP) is 5.58. The van der Waals surface area contributed by atoms with Crippen molar-refractivity contribution >= 4 is 21.3 Å². The molecule has 0 unspecified atom stereocenters. The molecule has 34 heavy (non-hydrogen) atoms. The van der Waals surface area contributed by atoms with Gasteiger partial charge in [-0.1, -0.05) is 13.0 Å². The van der Waals surface area contributed by atoms with Gasteiger partial charge in [-0.15, -0.1) is 0 Å². The molecule has 0 aliphatic heterocycles. The Kier molecular flexibility index (Phi) is 5.39. The van der Waals surface area contributed by atoms with Crippen molar-refractivity contribution in [3.8, 4) is 0 Å². The summed E-state index contributed by atoms with van der Waals surface area (Å²) in [5.41, 5.74) is -6.93. The molecule has 0 spiro atoms. The Morgan fingerprint density at radius 1 is 1.24 bits per heavy atom. The molecule has 2 N–H and O–H groups in total. The minimum Gasteiger partial charge on any atom is -0.321 e. The number of amides is 1. The number of nitrogens with one attached hydrogen (secondary N) is 2. The SMILES string of the molecule is CC1(Cn2nc(C3(F)CC3)c(C(F)(F)F)c2C(=O)Nc2cccc([S@](C)(=N)=O)c2)CC(F)(F)C1. The number of rotatable bonds is 6. The lowest BCUT2D eigenvalue weighted by Gasteiger charge is -2.44. The van der Waals surface area contributed by atoms with Gasteiger partial charge in [-0.05, 0) is 36.5 Å². The highest BCUT2D eigenvalue weighted by Crippen LogP contribution is 2.55. The first-order chi connectivity index (χ1) is 15.4. The normalized spacial score (nSPS) is 21.9. The van der Waals surface area contributed by atoms with Gasteiger partial charge in [-0.25, -0.2) is 22.2 Å². The van der Waals surface area contributed by atoms with Crippen LogP contribution >= 0.6 is 0 Å². The molecular formula is C21H22F6N4O2S. The van der Waals surface area contributed by atoms with Crippen LogP contribution in [0.2, 0.25) is 0 Å². The number of carbonyl (C=O) groups excluding carboxylic acids is 1. The molecule has 2 aromatic rings. The molecular weight excluding hydrogens is 486 g/mol. The monoisotopic (exact) mass is 508 g/mol. The predicted molar refractivity (Wildman–Crippen MR) is 111 cm³/mol. The number of halogens is 6. The van der Waals surface area contributed by atoms with Crippen molar-refractivity contribution in [3.05, 3.63) is 41.2 Å². The Morgan fingerprint density at radius 3 is 2.35 bits per heavy atom. The smallest absolute Gasteiger partial charge is 0.321 e. The maximum atomic E-state index is 14.9. The van der Waals surface area contributed by atoms with E-state index in [1.807, 2.05) is 0 Å². The van der Waals surface area contributed by atoms with E-state index in [1.165, 1.54) is 31.2 Å². The van der Waals surface area contributed by atoms with Gasteiger partial charge in [0.25, 0.3) is 5.91 Å². The van der Waals surface area contributed by atoms with E-state index in [0.717, 1.165) is 6.26 Å². The van der Waals surface area contributed by atoms with E-state index in [4.69, 9.17) is 4.78 Å². The molecule has 0 bridgehead atoms. The van der Waals surface area contributed by atoms with E-state index in [2.05, 4.69) is 10.4 Å². The second-order valence-electron chi connectivity index (χ2n) is 9.54. The molecule has 186 valence electrons. The van der Waals surface area contributed by atoms with Crippen molar-refractivity contribution in [1.82, 2.24) is 9.78 Å². The molecule has 1 aromatic carbocycles. The minimum absolute atomic E-state index is 0.0328. The summed E-state index contributed by atoms with van der Waals surface area (Å²) in [5, 5.41) is 6.05. The molecule has 1 aromatic heterocycles. The standard InChI is InChI=1S/C21H22F6N4O2S/c1-18(9-20(23,24)10-18)11-31-15(14(21(25,26)27)16(30-31)19(22)6-7-19)17(32)29-12-4-3-5-13(8-12)34(2,28)33/h3-5,8,28H,6-7,9-11H2,1-2H3,(H,29,32)/t34-/m1/s1. The molecule has 2 saturated carbocycles. The number of alkyl halides is 6. The van der Waals surface area contributed by atoms with Crippen LogP contribution in [0.4, 0.5) is 32.0 Å². The fourth-order valence-electron chi connectivity index (χ4n) is 4.41. The van der Waals surface area contributed by atoms with Crippen LogP contribution in [0.5, 0.6) is 0 Å². The third-order valence-corrected chi connectivity index (χ3v) is 7.16. The number of benzene rings is 1. The summed E-state index contributed by atoms with van der Waals surface area (Å²) < 4.78 is 104. The van der Waals surface area contributed by atoms with Crippen LogP contribution in [0.3, 0.4) is 0 Å². The summed E-state index contributed by atoms with van der Waals surface area (Å²) in [5.74, 6) is -4.24. The number of hydrogen-bond acceptors (Lipinski definition) is 4. The summed E-state index contributed by atoms with van der Waals surface area (Å²) in [6, 6.07) is 5.25.